The van der Waals surface area contributed by atoms with Crippen molar-refractivity contribution in [3.63, 3.8) is 0 Å². The molecule has 2 aromatic rings. The molecule has 0 aliphatic carbocycles. The predicted octanol–water partition coefficient (Wildman–Crippen LogP) is 2.87. The Balaban J connectivity index is 0.000000659. The molecule has 1 aromatic carbocycles. The van der Waals surface area contributed by atoms with E-state index in [2.05, 4.69) is 22.5 Å². The van der Waals surface area contributed by atoms with Gasteiger partial charge in [0, 0.05) is 24.2 Å². The summed E-state index contributed by atoms with van der Waals surface area (Å²) in [6, 6.07) is 7.96. The third kappa shape index (κ3) is 3.82. The van der Waals surface area contributed by atoms with Gasteiger partial charge in [0.25, 0.3) is 6.47 Å². The van der Waals surface area contributed by atoms with Gasteiger partial charge in [0.1, 0.15) is 5.75 Å². The predicted molar refractivity (Wildman–Crippen MR) is 104 cm³/mol. The largest absolute Gasteiger partial charge is 0.497 e. The van der Waals surface area contributed by atoms with E-state index in [0.29, 0.717) is 11.8 Å². The van der Waals surface area contributed by atoms with E-state index in [1.54, 1.807) is 13.3 Å². The van der Waals surface area contributed by atoms with E-state index in [1.165, 1.54) is 6.42 Å². The molecule has 0 spiro atoms. The van der Waals surface area contributed by atoms with Crippen molar-refractivity contribution in [3.8, 4) is 5.75 Å². The Kier molecular flexibility index (Phi) is 6.08. The fraction of sp³-hybridized carbons (Fsp3) is 0.429. The number of carbonyl (C=O) groups is 1. The standard InChI is InChI=1S/C20H24N2O2.CH2O2/c1-3-13-12-22-9-7-14(13)10-19(22)20(23)16-6-8-21-18-5-4-15(24-2)11-17(16)18;2-1-3/h3-6,8,11,13-14,19-20,23H,1,7,9-10,12H2,2H3;1H,(H,2,3)/t13?,14?,19-,20+;/m0./s1. The second kappa shape index (κ2) is 8.50. The summed E-state index contributed by atoms with van der Waals surface area (Å²) in [7, 11) is 1.66. The van der Waals surface area contributed by atoms with Crippen LogP contribution in [0.5, 0.6) is 5.75 Å². The number of pyridine rings is 1. The van der Waals surface area contributed by atoms with Crippen molar-refractivity contribution in [1.82, 2.24) is 9.88 Å². The molecule has 6 heteroatoms. The fourth-order valence-corrected chi connectivity index (χ4v) is 4.44. The van der Waals surface area contributed by atoms with Crippen molar-refractivity contribution in [2.75, 3.05) is 20.2 Å². The zero-order chi connectivity index (χ0) is 19.4. The SMILES string of the molecule is C=CC1CN2CCC1C[C@H]2[C@H](O)c1ccnc2ccc(OC)cc12.O=CO. The monoisotopic (exact) mass is 370 g/mol. The molecule has 4 heterocycles. The average molecular weight is 370 g/mol. The number of nitrogens with zero attached hydrogens (tertiary/aromatic N) is 2. The zero-order valence-electron chi connectivity index (χ0n) is 15.5. The minimum atomic E-state index is -0.504. The third-order valence-corrected chi connectivity index (χ3v) is 5.82. The summed E-state index contributed by atoms with van der Waals surface area (Å²) in [5.74, 6) is 2.01. The summed E-state index contributed by atoms with van der Waals surface area (Å²) < 4.78 is 5.35. The Bertz CT molecular complexity index is 810. The molecule has 3 saturated heterocycles. The molecular weight excluding hydrogens is 344 g/mol. The van der Waals surface area contributed by atoms with Gasteiger partial charge in [-0.25, -0.2) is 0 Å². The fourth-order valence-electron chi connectivity index (χ4n) is 4.44. The molecule has 0 saturated carbocycles. The highest BCUT2D eigenvalue weighted by molar-refractivity contribution is 5.83. The number of aliphatic hydroxyl groups excluding tert-OH is 1. The summed E-state index contributed by atoms with van der Waals surface area (Å²) in [5.41, 5.74) is 1.85. The van der Waals surface area contributed by atoms with Gasteiger partial charge in [-0.05, 0) is 61.1 Å². The molecule has 27 heavy (non-hydrogen) atoms. The maximum Gasteiger partial charge on any atom is 0.290 e. The van der Waals surface area contributed by atoms with Crippen LogP contribution in [-0.2, 0) is 4.79 Å². The van der Waals surface area contributed by atoms with Crippen molar-refractivity contribution in [1.29, 1.82) is 0 Å². The first-order valence-corrected chi connectivity index (χ1v) is 9.18. The normalized spacial score (nSPS) is 27.3. The first kappa shape index (κ1) is 19.3. The lowest BCUT2D eigenvalue weighted by atomic mass is 9.73. The van der Waals surface area contributed by atoms with Gasteiger partial charge in [-0.15, -0.1) is 6.58 Å². The van der Waals surface area contributed by atoms with Crippen LogP contribution in [0, 0.1) is 11.8 Å². The molecule has 2 bridgehead atoms. The summed E-state index contributed by atoms with van der Waals surface area (Å²) in [5, 5.41) is 19.0. The van der Waals surface area contributed by atoms with Crippen LogP contribution in [0.15, 0.2) is 43.1 Å². The van der Waals surface area contributed by atoms with E-state index in [9.17, 15) is 5.11 Å². The summed E-state index contributed by atoms with van der Waals surface area (Å²) >= 11 is 0. The summed E-state index contributed by atoms with van der Waals surface area (Å²) in [4.78, 5) is 15.2. The van der Waals surface area contributed by atoms with Crippen LogP contribution in [0.1, 0.15) is 24.5 Å². The quantitative estimate of drug-likeness (QED) is 0.636. The van der Waals surface area contributed by atoms with Crippen LogP contribution < -0.4 is 4.74 Å². The first-order valence-electron chi connectivity index (χ1n) is 9.18. The van der Waals surface area contributed by atoms with Gasteiger partial charge >= 0.3 is 0 Å². The molecule has 2 N–H and O–H groups in total. The van der Waals surface area contributed by atoms with Crippen molar-refractivity contribution in [3.05, 3.63) is 48.7 Å². The van der Waals surface area contributed by atoms with Crippen molar-refractivity contribution < 1.29 is 19.7 Å². The minimum Gasteiger partial charge on any atom is -0.497 e. The number of fused-ring (bicyclic) bond motifs is 4. The number of ether oxygens (including phenoxy) is 1. The second-order valence-corrected chi connectivity index (χ2v) is 7.08. The van der Waals surface area contributed by atoms with E-state index in [1.807, 2.05) is 24.3 Å². The highest BCUT2D eigenvalue weighted by atomic mass is 16.5. The lowest BCUT2D eigenvalue weighted by Crippen LogP contribution is -2.54. The Morgan fingerprint density at radius 3 is 2.81 bits per heavy atom. The van der Waals surface area contributed by atoms with Gasteiger partial charge in [-0.1, -0.05) is 6.08 Å². The highest BCUT2D eigenvalue weighted by Gasteiger charge is 2.42. The molecule has 5 rings (SSSR count). The Morgan fingerprint density at radius 1 is 1.41 bits per heavy atom. The van der Waals surface area contributed by atoms with Crippen molar-refractivity contribution in [2.45, 2.75) is 25.0 Å². The topological polar surface area (TPSA) is 82.9 Å². The Labute approximate surface area is 159 Å². The average Bonchev–Trinajstić information content (AvgIpc) is 2.73. The molecule has 5 atom stereocenters. The van der Waals surface area contributed by atoms with E-state index >= 15 is 0 Å². The minimum absolute atomic E-state index is 0.178. The third-order valence-electron chi connectivity index (χ3n) is 5.82. The van der Waals surface area contributed by atoms with E-state index in [0.717, 1.165) is 41.7 Å². The molecule has 3 aliphatic rings. The van der Waals surface area contributed by atoms with Crippen LogP contribution in [-0.4, -0.2) is 52.8 Å². The molecule has 3 fully saturated rings. The Morgan fingerprint density at radius 2 is 2.19 bits per heavy atom. The number of hydrogen-bond acceptors (Lipinski definition) is 5. The van der Waals surface area contributed by atoms with Crippen LogP contribution in [0.3, 0.4) is 0 Å². The maximum absolute atomic E-state index is 11.2. The lowest BCUT2D eigenvalue weighted by Gasteiger charge is -2.50. The molecule has 6 nitrogen and oxygen atoms in total. The van der Waals surface area contributed by atoms with Crippen molar-refractivity contribution in [2.24, 2.45) is 11.8 Å². The number of aliphatic hydroxyl groups is 1. The van der Waals surface area contributed by atoms with E-state index in [-0.39, 0.29) is 12.5 Å². The molecule has 144 valence electrons. The van der Waals surface area contributed by atoms with E-state index < -0.39 is 6.10 Å². The van der Waals surface area contributed by atoms with Gasteiger partial charge in [-0.2, -0.15) is 0 Å². The molecule has 3 aliphatic heterocycles. The zero-order valence-corrected chi connectivity index (χ0v) is 15.5. The summed E-state index contributed by atoms with van der Waals surface area (Å²) in [6.07, 6.45) is 5.62. The van der Waals surface area contributed by atoms with Crippen LogP contribution in [0.2, 0.25) is 0 Å². The maximum atomic E-state index is 11.2. The summed E-state index contributed by atoms with van der Waals surface area (Å²) in [6.45, 7) is 5.82. The number of piperidine rings is 3. The first-order chi connectivity index (χ1) is 13.1. The smallest absolute Gasteiger partial charge is 0.290 e. The number of hydrogen-bond donors (Lipinski definition) is 2. The van der Waals surface area contributed by atoms with Gasteiger partial charge in [0.15, 0.2) is 0 Å². The molecular formula is C21H26N2O4. The number of methoxy groups -OCH3 is 1. The molecule has 1 aromatic heterocycles. The van der Waals surface area contributed by atoms with Crippen LogP contribution in [0.4, 0.5) is 0 Å². The van der Waals surface area contributed by atoms with Gasteiger partial charge in [0.2, 0.25) is 0 Å². The number of aromatic nitrogens is 1. The molecule has 3 unspecified atom stereocenters. The van der Waals surface area contributed by atoms with E-state index in [4.69, 9.17) is 14.6 Å². The lowest BCUT2D eigenvalue weighted by molar-refractivity contribution is -0.122. The number of benzene rings is 1. The Hall–Kier alpha value is -2.44. The molecule has 0 amide bonds. The number of carboxylic acid groups (broad SMARTS) is 1. The van der Waals surface area contributed by atoms with Gasteiger partial charge < -0.3 is 14.9 Å². The highest BCUT2D eigenvalue weighted by Crippen LogP contribution is 2.42. The van der Waals surface area contributed by atoms with Gasteiger partial charge in [-0.3, -0.25) is 14.7 Å². The number of rotatable bonds is 4. The van der Waals surface area contributed by atoms with Crippen LogP contribution in [0.25, 0.3) is 10.9 Å². The molecule has 0 radical (unpaired) electrons. The van der Waals surface area contributed by atoms with Gasteiger partial charge in [0.05, 0.1) is 18.7 Å². The van der Waals surface area contributed by atoms with Crippen LogP contribution >= 0.6 is 0 Å². The van der Waals surface area contributed by atoms with Crippen molar-refractivity contribution >= 4 is 17.4 Å². The second-order valence-electron chi connectivity index (χ2n) is 7.08.